The zero-order valence-corrected chi connectivity index (χ0v) is 8.64. The van der Waals surface area contributed by atoms with Crippen LogP contribution in [0.15, 0.2) is 29.3 Å². The summed E-state index contributed by atoms with van der Waals surface area (Å²) in [7, 11) is 1.64. The minimum Gasteiger partial charge on any atom is -0.483 e. The maximum atomic E-state index is 5.78. The van der Waals surface area contributed by atoms with E-state index in [2.05, 4.69) is 29.3 Å². The molecule has 2 aliphatic rings. The number of benzene rings is 1. The topological polar surface area (TPSA) is 30.8 Å². The molecule has 1 heterocycles. The summed E-state index contributed by atoms with van der Waals surface area (Å²) >= 11 is 0. The molecular formula is C12H13NO2. The highest BCUT2D eigenvalue weighted by Crippen LogP contribution is 2.37. The fourth-order valence-corrected chi connectivity index (χ4v) is 2.35. The molecule has 0 fully saturated rings. The molecule has 3 heteroatoms. The third-order valence-electron chi connectivity index (χ3n) is 3.07. The van der Waals surface area contributed by atoms with E-state index >= 15 is 0 Å². The third kappa shape index (κ3) is 1.35. The van der Waals surface area contributed by atoms with Crippen LogP contribution in [0.5, 0.6) is 0 Å². The number of methoxy groups -OCH3 is 1. The predicted octanol–water partition coefficient (Wildman–Crippen LogP) is 1.73. The summed E-state index contributed by atoms with van der Waals surface area (Å²) in [5.74, 6) is 0.712. The van der Waals surface area contributed by atoms with E-state index in [-0.39, 0.29) is 12.1 Å². The lowest BCUT2D eigenvalue weighted by Gasteiger charge is -2.23. The van der Waals surface area contributed by atoms with E-state index in [0.717, 1.165) is 6.42 Å². The number of ether oxygens (including phenoxy) is 2. The highest BCUT2D eigenvalue weighted by molar-refractivity contribution is 5.78. The van der Waals surface area contributed by atoms with Gasteiger partial charge in [0, 0.05) is 0 Å². The van der Waals surface area contributed by atoms with Gasteiger partial charge in [0.2, 0.25) is 5.90 Å². The number of hydrogen-bond acceptors (Lipinski definition) is 3. The van der Waals surface area contributed by atoms with Crippen molar-refractivity contribution in [1.82, 2.24) is 0 Å². The van der Waals surface area contributed by atoms with Crippen LogP contribution in [0.4, 0.5) is 0 Å². The summed E-state index contributed by atoms with van der Waals surface area (Å²) in [6.45, 7) is 0.492. The molecule has 1 aliphatic carbocycles. The Labute approximate surface area is 88.7 Å². The summed E-state index contributed by atoms with van der Waals surface area (Å²) in [5.41, 5.74) is 2.65. The molecule has 0 amide bonds. The monoisotopic (exact) mass is 203 g/mol. The molecule has 15 heavy (non-hydrogen) atoms. The van der Waals surface area contributed by atoms with Crippen molar-refractivity contribution >= 4 is 5.90 Å². The smallest absolute Gasteiger partial charge is 0.210 e. The Morgan fingerprint density at radius 1 is 1.40 bits per heavy atom. The highest BCUT2D eigenvalue weighted by atomic mass is 16.5. The molecule has 3 rings (SSSR count). The first kappa shape index (κ1) is 8.92. The van der Waals surface area contributed by atoms with Gasteiger partial charge >= 0.3 is 0 Å². The summed E-state index contributed by atoms with van der Waals surface area (Å²) < 4.78 is 10.9. The first-order valence-electron chi connectivity index (χ1n) is 5.18. The molecule has 1 aliphatic heterocycles. The standard InChI is InChI=1S/C12H13NO2/c1-14-11-7-15-12-9-5-3-2-4-8(9)6-10(12)13-11/h2-5,10,12H,6-7H2,1H3/t10-,12+/m1/s1. The van der Waals surface area contributed by atoms with Crippen LogP contribution in [0.1, 0.15) is 17.2 Å². The van der Waals surface area contributed by atoms with Gasteiger partial charge in [-0.05, 0) is 17.5 Å². The van der Waals surface area contributed by atoms with Gasteiger partial charge in [0.15, 0.2) is 0 Å². The van der Waals surface area contributed by atoms with Crippen molar-refractivity contribution in [2.45, 2.75) is 18.6 Å². The Kier molecular flexibility index (Phi) is 1.99. The molecule has 0 aromatic heterocycles. The molecule has 0 saturated heterocycles. The quantitative estimate of drug-likeness (QED) is 0.643. The first-order valence-corrected chi connectivity index (χ1v) is 5.18. The van der Waals surface area contributed by atoms with Crippen LogP contribution in [0.25, 0.3) is 0 Å². The van der Waals surface area contributed by atoms with E-state index in [1.54, 1.807) is 7.11 Å². The SMILES string of the molecule is COC1=N[C@@H]2Cc3ccccc3[C@@H]2OC1. The molecule has 1 aromatic carbocycles. The van der Waals surface area contributed by atoms with Gasteiger partial charge < -0.3 is 9.47 Å². The summed E-state index contributed by atoms with van der Waals surface area (Å²) in [6.07, 6.45) is 1.10. The lowest BCUT2D eigenvalue weighted by Crippen LogP contribution is -2.27. The molecule has 2 atom stereocenters. The van der Waals surface area contributed by atoms with Crippen LogP contribution >= 0.6 is 0 Å². The fourth-order valence-electron chi connectivity index (χ4n) is 2.35. The Morgan fingerprint density at radius 3 is 3.13 bits per heavy atom. The fraction of sp³-hybridized carbons (Fsp3) is 0.417. The van der Waals surface area contributed by atoms with E-state index in [0.29, 0.717) is 12.5 Å². The molecule has 0 radical (unpaired) electrons. The zero-order chi connectivity index (χ0) is 10.3. The van der Waals surface area contributed by atoms with E-state index < -0.39 is 0 Å². The van der Waals surface area contributed by atoms with Crippen LogP contribution in [-0.2, 0) is 15.9 Å². The minimum atomic E-state index is 0.139. The maximum Gasteiger partial charge on any atom is 0.210 e. The van der Waals surface area contributed by atoms with Gasteiger partial charge in [0.05, 0.1) is 13.2 Å². The lowest BCUT2D eigenvalue weighted by molar-refractivity contribution is 0.0475. The second-order valence-corrected chi connectivity index (χ2v) is 3.93. The van der Waals surface area contributed by atoms with Gasteiger partial charge in [-0.15, -0.1) is 0 Å². The molecule has 3 nitrogen and oxygen atoms in total. The Hall–Kier alpha value is -1.35. The van der Waals surface area contributed by atoms with Crippen LogP contribution in [0.3, 0.4) is 0 Å². The van der Waals surface area contributed by atoms with Gasteiger partial charge in [-0.2, -0.15) is 0 Å². The van der Waals surface area contributed by atoms with Crippen molar-refractivity contribution in [3.05, 3.63) is 35.4 Å². The van der Waals surface area contributed by atoms with E-state index in [9.17, 15) is 0 Å². The van der Waals surface area contributed by atoms with Crippen molar-refractivity contribution in [2.75, 3.05) is 13.7 Å². The second-order valence-electron chi connectivity index (χ2n) is 3.93. The normalized spacial score (nSPS) is 27.9. The number of nitrogens with zero attached hydrogens (tertiary/aromatic N) is 1. The van der Waals surface area contributed by atoms with E-state index in [1.807, 2.05) is 0 Å². The predicted molar refractivity (Wildman–Crippen MR) is 57.1 cm³/mol. The Morgan fingerprint density at radius 2 is 2.27 bits per heavy atom. The van der Waals surface area contributed by atoms with Crippen molar-refractivity contribution in [3.8, 4) is 0 Å². The third-order valence-corrected chi connectivity index (χ3v) is 3.07. The van der Waals surface area contributed by atoms with Gasteiger partial charge in [0.1, 0.15) is 12.7 Å². The number of hydrogen-bond donors (Lipinski definition) is 0. The zero-order valence-electron chi connectivity index (χ0n) is 8.64. The Balaban J connectivity index is 1.96. The average Bonchev–Trinajstić information content (AvgIpc) is 2.66. The highest BCUT2D eigenvalue weighted by Gasteiger charge is 2.36. The van der Waals surface area contributed by atoms with E-state index in [1.165, 1.54) is 11.1 Å². The lowest BCUT2D eigenvalue weighted by atomic mass is 10.1. The summed E-state index contributed by atoms with van der Waals surface area (Å²) in [5, 5.41) is 0. The van der Waals surface area contributed by atoms with Crippen LogP contribution < -0.4 is 0 Å². The molecular weight excluding hydrogens is 190 g/mol. The Bertz CT molecular complexity index is 414. The van der Waals surface area contributed by atoms with Crippen LogP contribution in [-0.4, -0.2) is 25.7 Å². The minimum absolute atomic E-state index is 0.139. The molecule has 78 valence electrons. The molecule has 0 saturated carbocycles. The number of fused-ring (bicyclic) bond motifs is 3. The van der Waals surface area contributed by atoms with Gasteiger partial charge in [-0.3, -0.25) is 0 Å². The number of aliphatic imine (C=N–C) groups is 1. The summed E-state index contributed by atoms with van der Waals surface area (Å²) in [6, 6.07) is 8.62. The van der Waals surface area contributed by atoms with Gasteiger partial charge in [-0.1, -0.05) is 24.3 Å². The average molecular weight is 203 g/mol. The molecule has 0 N–H and O–H groups in total. The second kappa shape index (κ2) is 3.35. The van der Waals surface area contributed by atoms with Gasteiger partial charge in [-0.25, -0.2) is 4.99 Å². The summed E-state index contributed by atoms with van der Waals surface area (Å²) in [4.78, 5) is 4.55. The number of rotatable bonds is 0. The van der Waals surface area contributed by atoms with Crippen molar-refractivity contribution < 1.29 is 9.47 Å². The van der Waals surface area contributed by atoms with Crippen LogP contribution in [0, 0.1) is 0 Å². The largest absolute Gasteiger partial charge is 0.483 e. The van der Waals surface area contributed by atoms with Crippen LogP contribution in [0.2, 0.25) is 0 Å². The van der Waals surface area contributed by atoms with Crippen molar-refractivity contribution in [2.24, 2.45) is 4.99 Å². The first-order chi connectivity index (χ1) is 7.38. The van der Waals surface area contributed by atoms with Crippen molar-refractivity contribution in [1.29, 1.82) is 0 Å². The van der Waals surface area contributed by atoms with E-state index in [4.69, 9.17) is 9.47 Å². The molecule has 0 unspecified atom stereocenters. The van der Waals surface area contributed by atoms with Gasteiger partial charge in [0.25, 0.3) is 0 Å². The molecule has 0 spiro atoms. The molecule has 0 bridgehead atoms. The molecule has 1 aromatic rings. The van der Waals surface area contributed by atoms with Crippen molar-refractivity contribution in [3.63, 3.8) is 0 Å². The maximum absolute atomic E-state index is 5.78.